The molecule has 0 aromatic heterocycles. The Balaban J connectivity index is 1.75. The molecule has 0 bridgehead atoms. The largest absolute Gasteiger partial charge is 0.481 e. The molecule has 26 heavy (non-hydrogen) atoms. The number of ether oxygens (including phenoxy) is 1. The van der Waals surface area contributed by atoms with Crippen LogP contribution in [0.2, 0.25) is 0 Å². The molecule has 0 radical (unpaired) electrons. The van der Waals surface area contributed by atoms with Gasteiger partial charge in [-0.3, -0.25) is 4.79 Å². The molecular weight excluding hydrogens is 390 g/mol. The van der Waals surface area contributed by atoms with E-state index in [1.54, 1.807) is 6.92 Å². The van der Waals surface area contributed by atoms with Crippen molar-refractivity contribution in [1.29, 1.82) is 0 Å². The Labute approximate surface area is 162 Å². The molecule has 0 saturated heterocycles. The van der Waals surface area contributed by atoms with Gasteiger partial charge in [-0.05, 0) is 42.3 Å². The van der Waals surface area contributed by atoms with Crippen molar-refractivity contribution in [1.82, 2.24) is 5.32 Å². The van der Waals surface area contributed by atoms with Gasteiger partial charge in [-0.2, -0.15) is 0 Å². The van der Waals surface area contributed by atoms with E-state index >= 15 is 0 Å². The maximum Gasteiger partial charge on any atom is 0.261 e. The number of nitrogens with one attached hydrogen (secondary N) is 1. The third-order valence-corrected chi connectivity index (χ3v) is 4.58. The van der Waals surface area contributed by atoms with E-state index in [9.17, 15) is 4.79 Å². The van der Waals surface area contributed by atoms with Crippen LogP contribution in [0.25, 0.3) is 0 Å². The minimum absolute atomic E-state index is 0.161. The number of carbonyl (C=O) groups excluding carboxylic acids is 1. The summed E-state index contributed by atoms with van der Waals surface area (Å²) in [6.07, 6.45) is -0.605. The highest BCUT2D eigenvalue weighted by molar-refractivity contribution is 9.10. The summed E-state index contributed by atoms with van der Waals surface area (Å²) < 4.78 is 6.74. The summed E-state index contributed by atoms with van der Waals surface area (Å²) >= 11 is 3.39. The van der Waals surface area contributed by atoms with Gasteiger partial charge in [0.25, 0.3) is 5.91 Å². The summed E-state index contributed by atoms with van der Waals surface area (Å²) in [6.45, 7) is 1.75. The first-order chi connectivity index (χ1) is 12.6. The van der Waals surface area contributed by atoms with Crippen LogP contribution in [0.1, 0.15) is 24.1 Å². The molecule has 3 aromatic carbocycles. The molecule has 0 aliphatic carbocycles. The highest BCUT2D eigenvalue weighted by Crippen LogP contribution is 2.22. The third kappa shape index (κ3) is 4.73. The van der Waals surface area contributed by atoms with E-state index in [4.69, 9.17) is 4.74 Å². The minimum Gasteiger partial charge on any atom is -0.481 e. The predicted octanol–water partition coefficient (Wildman–Crippen LogP) is 5.12. The van der Waals surface area contributed by atoms with Gasteiger partial charge >= 0.3 is 0 Å². The lowest BCUT2D eigenvalue weighted by molar-refractivity contribution is -0.127. The summed E-state index contributed by atoms with van der Waals surface area (Å²) in [5, 5.41) is 3.11. The maximum absolute atomic E-state index is 12.7. The smallest absolute Gasteiger partial charge is 0.261 e. The highest BCUT2D eigenvalue weighted by Gasteiger charge is 2.21. The predicted molar refractivity (Wildman–Crippen MR) is 107 cm³/mol. The summed E-state index contributed by atoms with van der Waals surface area (Å²) in [5.41, 5.74) is 2.06. The molecule has 3 rings (SSSR count). The normalized spacial score (nSPS) is 11.8. The average molecular weight is 410 g/mol. The fraction of sp³-hybridized carbons (Fsp3) is 0.136. The fourth-order valence-electron chi connectivity index (χ4n) is 2.68. The molecule has 1 N–H and O–H groups in total. The molecule has 3 aromatic rings. The Morgan fingerprint density at radius 1 is 0.846 bits per heavy atom. The van der Waals surface area contributed by atoms with Crippen molar-refractivity contribution >= 4 is 21.8 Å². The molecule has 4 heteroatoms. The molecular formula is C22H20BrNO2. The van der Waals surface area contributed by atoms with Gasteiger partial charge in [0.2, 0.25) is 0 Å². The van der Waals surface area contributed by atoms with Crippen LogP contribution < -0.4 is 10.1 Å². The van der Waals surface area contributed by atoms with Crippen LogP contribution in [0.5, 0.6) is 5.75 Å². The zero-order valence-corrected chi connectivity index (χ0v) is 16.0. The number of amides is 1. The lowest BCUT2D eigenvalue weighted by atomic mass is 9.98. The van der Waals surface area contributed by atoms with Gasteiger partial charge in [-0.25, -0.2) is 0 Å². The molecule has 132 valence electrons. The van der Waals surface area contributed by atoms with Gasteiger partial charge in [-0.1, -0.05) is 76.6 Å². The monoisotopic (exact) mass is 409 g/mol. The van der Waals surface area contributed by atoms with Crippen molar-refractivity contribution in [2.75, 3.05) is 0 Å². The number of rotatable bonds is 6. The Bertz CT molecular complexity index is 796. The van der Waals surface area contributed by atoms with E-state index in [1.807, 2.05) is 84.9 Å². The van der Waals surface area contributed by atoms with Crippen LogP contribution in [0.15, 0.2) is 89.4 Å². The van der Waals surface area contributed by atoms with Crippen molar-refractivity contribution in [3.63, 3.8) is 0 Å². The van der Waals surface area contributed by atoms with Gasteiger partial charge in [-0.15, -0.1) is 0 Å². The highest BCUT2D eigenvalue weighted by atomic mass is 79.9. The standard InChI is InChI=1S/C22H20BrNO2/c1-16(26-20-14-12-19(23)13-15-20)22(25)24-21(17-8-4-2-5-9-17)18-10-6-3-7-11-18/h2-16,21H,1H3,(H,24,25). The molecule has 3 nitrogen and oxygen atoms in total. The first-order valence-corrected chi connectivity index (χ1v) is 9.25. The zero-order valence-electron chi connectivity index (χ0n) is 14.4. The van der Waals surface area contributed by atoms with Crippen molar-refractivity contribution in [3.8, 4) is 5.75 Å². The number of halogens is 1. The van der Waals surface area contributed by atoms with Crippen LogP contribution >= 0.6 is 15.9 Å². The second kappa shape index (κ2) is 8.68. The summed E-state index contributed by atoms with van der Waals surface area (Å²) in [6, 6.07) is 27.1. The maximum atomic E-state index is 12.7. The van der Waals surface area contributed by atoms with Crippen LogP contribution in [0.4, 0.5) is 0 Å². The van der Waals surface area contributed by atoms with Crippen LogP contribution in [-0.4, -0.2) is 12.0 Å². The van der Waals surface area contributed by atoms with E-state index in [1.165, 1.54) is 0 Å². The van der Waals surface area contributed by atoms with Gasteiger partial charge < -0.3 is 10.1 Å². The van der Waals surface area contributed by atoms with Crippen molar-refractivity contribution in [3.05, 3.63) is 101 Å². The fourth-order valence-corrected chi connectivity index (χ4v) is 2.94. The first kappa shape index (κ1) is 18.2. The number of benzene rings is 3. The SMILES string of the molecule is CC(Oc1ccc(Br)cc1)C(=O)NC(c1ccccc1)c1ccccc1. The van der Waals surface area contributed by atoms with E-state index in [0.717, 1.165) is 15.6 Å². The third-order valence-electron chi connectivity index (χ3n) is 4.05. The van der Waals surface area contributed by atoms with Gasteiger partial charge in [0.05, 0.1) is 6.04 Å². The summed E-state index contributed by atoms with van der Waals surface area (Å²) in [5.74, 6) is 0.498. The van der Waals surface area contributed by atoms with Gasteiger partial charge in [0.1, 0.15) is 5.75 Å². The van der Waals surface area contributed by atoms with E-state index in [0.29, 0.717) is 5.75 Å². The van der Waals surface area contributed by atoms with Gasteiger partial charge in [0, 0.05) is 4.47 Å². The first-order valence-electron chi connectivity index (χ1n) is 8.46. The topological polar surface area (TPSA) is 38.3 Å². The van der Waals surface area contributed by atoms with Crippen LogP contribution in [0, 0.1) is 0 Å². The van der Waals surface area contributed by atoms with Crippen LogP contribution in [-0.2, 0) is 4.79 Å². The summed E-state index contributed by atoms with van der Waals surface area (Å²) in [7, 11) is 0. The van der Waals surface area contributed by atoms with E-state index in [2.05, 4.69) is 21.2 Å². The Morgan fingerprint density at radius 2 is 1.35 bits per heavy atom. The molecule has 1 amide bonds. The number of hydrogen-bond donors (Lipinski definition) is 1. The zero-order chi connectivity index (χ0) is 18.4. The molecule has 0 spiro atoms. The Morgan fingerprint density at radius 3 is 1.85 bits per heavy atom. The van der Waals surface area contributed by atoms with Crippen LogP contribution in [0.3, 0.4) is 0 Å². The lowest BCUT2D eigenvalue weighted by Gasteiger charge is -2.22. The lowest BCUT2D eigenvalue weighted by Crippen LogP contribution is -2.39. The van der Waals surface area contributed by atoms with E-state index in [-0.39, 0.29) is 11.9 Å². The quantitative estimate of drug-likeness (QED) is 0.613. The Kier molecular flexibility index (Phi) is 6.08. The van der Waals surface area contributed by atoms with E-state index < -0.39 is 6.10 Å². The molecule has 1 atom stereocenters. The molecule has 0 heterocycles. The summed E-state index contributed by atoms with van der Waals surface area (Å²) in [4.78, 5) is 12.7. The molecule has 0 aliphatic heterocycles. The molecule has 0 saturated carbocycles. The molecule has 0 fully saturated rings. The minimum atomic E-state index is -0.605. The van der Waals surface area contributed by atoms with Crippen molar-refractivity contribution in [2.24, 2.45) is 0 Å². The second-order valence-electron chi connectivity index (χ2n) is 5.98. The molecule has 1 unspecified atom stereocenters. The number of hydrogen-bond acceptors (Lipinski definition) is 2. The number of carbonyl (C=O) groups is 1. The average Bonchev–Trinajstić information content (AvgIpc) is 2.69. The van der Waals surface area contributed by atoms with Crippen molar-refractivity contribution in [2.45, 2.75) is 19.1 Å². The molecule has 0 aliphatic rings. The second-order valence-corrected chi connectivity index (χ2v) is 6.89. The van der Waals surface area contributed by atoms with Gasteiger partial charge in [0.15, 0.2) is 6.10 Å². The Hall–Kier alpha value is -2.59. The van der Waals surface area contributed by atoms with Crippen molar-refractivity contribution < 1.29 is 9.53 Å².